The van der Waals surface area contributed by atoms with E-state index in [0.717, 1.165) is 49.8 Å². The maximum absolute atomic E-state index is 12.4. The number of fused-ring (bicyclic) bond motifs is 1. The van der Waals surface area contributed by atoms with E-state index >= 15 is 0 Å². The van der Waals surface area contributed by atoms with Crippen LogP contribution in [0.15, 0.2) is 10.9 Å². The minimum Gasteiger partial charge on any atom is -0.360 e. The number of amides is 1. The molecule has 0 saturated heterocycles. The van der Waals surface area contributed by atoms with Gasteiger partial charge in [-0.05, 0) is 32.1 Å². The van der Waals surface area contributed by atoms with Gasteiger partial charge in [0.25, 0.3) is 5.91 Å². The molecule has 7 nitrogen and oxygen atoms in total. The van der Waals surface area contributed by atoms with Crippen molar-refractivity contribution in [1.29, 1.82) is 0 Å². The molecule has 0 bridgehead atoms. The molecule has 7 heteroatoms. The van der Waals surface area contributed by atoms with Gasteiger partial charge in [-0.3, -0.25) is 10.1 Å². The third-order valence-electron chi connectivity index (χ3n) is 4.85. The molecule has 0 unspecified atom stereocenters. The Labute approximate surface area is 134 Å². The summed E-state index contributed by atoms with van der Waals surface area (Å²) in [5.41, 5.74) is 1.33. The number of aryl methyl sites for hydroxylation is 1. The van der Waals surface area contributed by atoms with Gasteiger partial charge >= 0.3 is 0 Å². The lowest BCUT2D eigenvalue weighted by Crippen LogP contribution is -2.17. The lowest BCUT2D eigenvalue weighted by Gasteiger charge is -2.21. The molecular formula is C16H21N5O2. The van der Waals surface area contributed by atoms with Gasteiger partial charge in [0, 0.05) is 12.0 Å². The fourth-order valence-corrected chi connectivity index (χ4v) is 3.58. The monoisotopic (exact) mass is 315 g/mol. The largest absolute Gasteiger partial charge is 0.360 e. The molecule has 2 heterocycles. The van der Waals surface area contributed by atoms with E-state index < -0.39 is 0 Å². The molecule has 122 valence electrons. The topological polar surface area (TPSA) is 85.8 Å². The summed E-state index contributed by atoms with van der Waals surface area (Å²) >= 11 is 0. The van der Waals surface area contributed by atoms with E-state index in [1.165, 1.54) is 19.3 Å². The van der Waals surface area contributed by atoms with Crippen LogP contribution in [0.25, 0.3) is 0 Å². The van der Waals surface area contributed by atoms with Crippen molar-refractivity contribution >= 4 is 11.9 Å². The fraction of sp³-hybridized carbons (Fsp3) is 0.625. The molecule has 0 atom stereocenters. The van der Waals surface area contributed by atoms with Crippen LogP contribution >= 0.6 is 0 Å². The van der Waals surface area contributed by atoms with Crippen LogP contribution in [0.5, 0.6) is 0 Å². The van der Waals surface area contributed by atoms with Crippen molar-refractivity contribution in [3.63, 3.8) is 0 Å². The summed E-state index contributed by atoms with van der Waals surface area (Å²) in [6.45, 7) is 0. The lowest BCUT2D eigenvalue weighted by molar-refractivity contribution is 0.101. The van der Waals surface area contributed by atoms with Crippen LogP contribution < -0.4 is 5.32 Å². The maximum atomic E-state index is 12.4. The Morgan fingerprint density at radius 2 is 2.00 bits per heavy atom. The van der Waals surface area contributed by atoms with E-state index in [-0.39, 0.29) is 5.91 Å². The SMILES string of the molecule is O=C(Nc1ncn(C2CCCCC2)n1)c1noc2c1CCCC2. The van der Waals surface area contributed by atoms with Gasteiger partial charge in [0.15, 0.2) is 5.69 Å². The highest BCUT2D eigenvalue weighted by Crippen LogP contribution is 2.28. The first-order valence-corrected chi connectivity index (χ1v) is 8.51. The third-order valence-corrected chi connectivity index (χ3v) is 4.85. The van der Waals surface area contributed by atoms with Gasteiger partial charge in [0.05, 0.1) is 6.04 Å². The molecule has 23 heavy (non-hydrogen) atoms. The Bertz CT molecular complexity index is 699. The molecule has 2 aliphatic rings. The molecule has 1 saturated carbocycles. The average Bonchev–Trinajstić information content (AvgIpc) is 3.22. The second-order valence-electron chi connectivity index (χ2n) is 6.43. The number of nitrogens with one attached hydrogen (secondary N) is 1. The van der Waals surface area contributed by atoms with E-state index in [0.29, 0.717) is 17.7 Å². The van der Waals surface area contributed by atoms with Crippen molar-refractivity contribution in [2.75, 3.05) is 5.32 Å². The number of hydrogen-bond donors (Lipinski definition) is 1. The number of rotatable bonds is 3. The van der Waals surface area contributed by atoms with Crippen molar-refractivity contribution < 1.29 is 9.32 Å². The van der Waals surface area contributed by atoms with Gasteiger partial charge in [0.2, 0.25) is 5.95 Å². The Balaban J connectivity index is 1.46. The van der Waals surface area contributed by atoms with Crippen molar-refractivity contribution in [3.8, 4) is 0 Å². The maximum Gasteiger partial charge on any atom is 0.280 e. The van der Waals surface area contributed by atoms with Gasteiger partial charge in [-0.25, -0.2) is 9.67 Å². The quantitative estimate of drug-likeness (QED) is 0.941. The Kier molecular flexibility index (Phi) is 3.85. The van der Waals surface area contributed by atoms with Crippen LogP contribution in [0.1, 0.15) is 72.8 Å². The number of hydrogen-bond acceptors (Lipinski definition) is 5. The molecule has 0 spiro atoms. The van der Waals surface area contributed by atoms with Gasteiger partial charge < -0.3 is 4.52 Å². The van der Waals surface area contributed by atoms with Crippen LogP contribution in [0.4, 0.5) is 5.95 Å². The summed E-state index contributed by atoms with van der Waals surface area (Å²) in [4.78, 5) is 16.6. The molecule has 0 aliphatic heterocycles. The van der Waals surface area contributed by atoms with Crippen molar-refractivity contribution in [2.45, 2.75) is 63.8 Å². The van der Waals surface area contributed by atoms with E-state index in [1.54, 1.807) is 6.33 Å². The van der Waals surface area contributed by atoms with E-state index in [1.807, 2.05) is 4.68 Å². The molecule has 2 aromatic rings. The van der Waals surface area contributed by atoms with E-state index in [9.17, 15) is 4.79 Å². The smallest absolute Gasteiger partial charge is 0.280 e. The summed E-state index contributed by atoms with van der Waals surface area (Å²) in [6.07, 6.45) is 11.6. The first-order valence-electron chi connectivity index (χ1n) is 8.51. The average molecular weight is 315 g/mol. The second-order valence-corrected chi connectivity index (χ2v) is 6.43. The first kappa shape index (κ1) is 14.4. The highest BCUT2D eigenvalue weighted by Gasteiger charge is 2.25. The summed E-state index contributed by atoms with van der Waals surface area (Å²) in [7, 11) is 0. The summed E-state index contributed by atoms with van der Waals surface area (Å²) in [5.74, 6) is 0.911. The molecule has 2 aliphatic carbocycles. The molecule has 1 amide bonds. The molecule has 0 radical (unpaired) electrons. The molecule has 0 aromatic carbocycles. The van der Waals surface area contributed by atoms with Crippen molar-refractivity contribution in [2.24, 2.45) is 0 Å². The van der Waals surface area contributed by atoms with Gasteiger partial charge in [-0.2, -0.15) is 0 Å². The normalized spacial score (nSPS) is 18.6. The van der Waals surface area contributed by atoms with Crippen LogP contribution in [-0.2, 0) is 12.8 Å². The zero-order chi connectivity index (χ0) is 15.6. The van der Waals surface area contributed by atoms with Crippen molar-refractivity contribution in [1.82, 2.24) is 19.9 Å². The highest BCUT2D eigenvalue weighted by molar-refractivity contribution is 6.02. The minimum atomic E-state index is -0.279. The fourth-order valence-electron chi connectivity index (χ4n) is 3.58. The van der Waals surface area contributed by atoms with Crippen LogP contribution in [0.3, 0.4) is 0 Å². The number of carbonyl (C=O) groups excluding carboxylic acids is 1. The van der Waals surface area contributed by atoms with E-state index in [2.05, 4.69) is 20.6 Å². The third kappa shape index (κ3) is 2.87. The van der Waals surface area contributed by atoms with Gasteiger partial charge in [-0.15, -0.1) is 5.10 Å². The Morgan fingerprint density at radius 1 is 1.17 bits per heavy atom. The molecule has 4 rings (SSSR count). The lowest BCUT2D eigenvalue weighted by atomic mass is 9.96. The minimum absolute atomic E-state index is 0.279. The van der Waals surface area contributed by atoms with Gasteiger partial charge in [0.1, 0.15) is 12.1 Å². The van der Waals surface area contributed by atoms with Crippen LogP contribution in [0, 0.1) is 0 Å². The number of nitrogens with zero attached hydrogens (tertiary/aromatic N) is 4. The Hall–Kier alpha value is -2.18. The van der Waals surface area contributed by atoms with Gasteiger partial charge in [-0.1, -0.05) is 24.4 Å². The van der Waals surface area contributed by atoms with Crippen LogP contribution in [0.2, 0.25) is 0 Å². The molecule has 2 aromatic heterocycles. The summed E-state index contributed by atoms with van der Waals surface area (Å²) < 4.78 is 7.17. The number of aromatic nitrogens is 4. The molecule has 1 fully saturated rings. The first-order chi connectivity index (χ1) is 11.3. The number of anilines is 1. The Morgan fingerprint density at radius 3 is 2.87 bits per heavy atom. The molecular weight excluding hydrogens is 294 g/mol. The summed E-state index contributed by atoms with van der Waals surface area (Å²) in [6, 6.07) is 0.404. The zero-order valence-corrected chi connectivity index (χ0v) is 13.1. The summed E-state index contributed by atoms with van der Waals surface area (Å²) in [5, 5.41) is 11.1. The van der Waals surface area contributed by atoms with Crippen LogP contribution in [-0.4, -0.2) is 25.8 Å². The predicted molar refractivity (Wildman–Crippen MR) is 83.2 cm³/mol. The number of carbonyl (C=O) groups is 1. The highest BCUT2D eigenvalue weighted by atomic mass is 16.5. The predicted octanol–water partition coefficient (Wildman–Crippen LogP) is 2.90. The van der Waals surface area contributed by atoms with E-state index in [4.69, 9.17) is 4.52 Å². The standard InChI is InChI=1S/C16H21N5O2/c22-15(14-12-8-4-5-9-13(12)23-20-14)18-16-17-10-21(19-16)11-6-2-1-3-7-11/h10-11H,1-9H2,(H,18,19,22). The zero-order valence-electron chi connectivity index (χ0n) is 13.1. The second kappa shape index (κ2) is 6.14. The van der Waals surface area contributed by atoms with Crippen molar-refractivity contribution in [3.05, 3.63) is 23.3 Å². The molecule has 1 N–H and O–H groups in total.